The molecule has 2 atom stereocenters. The van der Waals surface area contributed by atoms with Crippen LogP contribution < -0.4 is 10.6 Å². The Morgan fingerprint density at radius 2 is 1.95 bits per heavy atom. The van der Waals surface area contributed by atoms with Crippen molar-refractivity contribution >= 4 is 17.5 Å². The third kappa shape index (κ3) is 3.79. The zero-order chi connectivity index (χ0) is 15.3. The van der Waals surface area contributed by atoms with Gasteiger partial charge in [0.25, 0.3) is 0 Å². The molecular formula is C13H23N5O2. The fourth-order valence-corrected chi connectivity index (χ4v) is 1.83. The molecule has 0 saturated carbocycles. The first-order chi connectivity index (χ1) is 9.40. The first-order valence-electron chi connectivity index (χ1n) is 6.94. The van der Waals surface area contributed by atoms with Crippen molar-refractivity contribution in [3.05, 3.63) is 15.8 Å². The van der Waals surface area contributed by atoms with Crippen LogP contribution in [0.1, 0.15) is 39.8 Å². The number of nitrogens with one attached hydrogen (secondary N) is 2. The van der Waals surface area contributed by atoms with E-state index in [-0.39, 0.29) is 17.5 Å². The molecule has 2 unspecified atom stereocenters. The van der Waals surface area contributed by atoms with Gasteiger partial charge in [0.05, 0.1) is 4.92 Å². The summed E-state index contributed by atoms with van der Waals surface area (Å²) in [5.74, 6) is 1.09. The second-order valence-electron chi connectivity index (χ2n) is 4.94. The van der Waals surface area contributed by atoms with Crippen molar-refractivity contribution in [2.45, 2.75) is 47.1 Å². The van der Waals surface area contributed by atoms with Crippen molar-refractivity contribution < 1.29 is 4.92 Å². The average molecular weight is 281 g/mol. The van der Waals surface area contributed by atoms with E-state index < -0.39 is 4.92 Å². The Morgan fingerprint density at radius 3 is 2.45 bits per heavy atom. The molecule has 0 amide bonds. The van der Waals surface area contributed by atoms with E-state index in [4.69, 9.17) is 0 Å². The minimum atomic E-state index is -0.434. The molecule has 0 aliphatic rings. The Labute approximate surface area is 119 Å². The Balaban J connectivity index is 3.16. The lowest BCUT2D eigenvalue weighted by Gasteiger charge is -2.20. The monoisotopic (exact) mass is 281 g/mol. The third-order valence-electron chi connectivity index (χ3n) is 3.44. The predicted octanol–water partition coefficient (Wildman–Crippen LogP) is 2.97. The SMILES string of the molecule is CCNc1nc(C)c([N+](=O)[O-])c(NC(C)C(C)CC)n1. The molecule has 1 rings (SSSR count). The van der Waals surface area contributed by atoms with Crippen LogP contribution in [0.3, 0.4) is 0 Å². The van der Waals surface area contributed by atoms with Crippen LogP contribution in [-0.2, 0) is 0 Å². The summed E-state index contributed by atoms with van der Waals surface area (Å²) in [6, 6.07) is 0.0995. The molecule has 2 N–H and O–H groups in total. The number of rotatable bonds is 7. The molecule has 1 aromatic heterocycles. The number of nitro groups is 1. The quantitative estimate of drug-likeness (QED) is 0.589. The summed E-state index contributed by atoms with van der Waals surface area (Å²) < 4.78 is 0. The van der Waals surface area contributed by atoms with E-state index in [1.165, 1.54) is 0 Å². The molecule has 1 aromatic rings. The van der Waals surface area contributed by atoms with Crippen LogP contribution >= 0.6 is 0 Å². The molecule has 0 aliphatic heterocycles. The van der Waals surface area contributed by atoms with Crippen LogP contribution in [0.4, 0.5) is 17.5 Å². The summed E-state index contributed by atoms with van der Waals surface area (Å²) in [6.45, 7) is 10.4. The molecule has 0 fully saturated rings. The minimum Gasteiger partial charge on any atom is -0.361 e. The van der Waals surface area contributed by atoms with Gasteiger partial charge in [0.2, 0.25) is 11.8 Å². The maximum Gasteiger partial charge on any atom is 0.332 e. The molecule has 0 saturated heterocycles. The number of hydrogen-bond donors (Lipinski definition) is 2. The number of aromatic nitrogens is 2. The van der Waals surface area contributed by atoms with Crippen LogP contribution in [0.5, 0.6) is 0 Å². The van der Waals surface area contributed by atoms with Gasteiger partial charge in [-0.3, -0.25) is 10.1 Å². The van der Waals surface area contributed by atoms with Gasteiger partial charge in [-0.25, -0.2) is 4.98 Å². The smallest absolute Gasteiger partial charge is 0.332 e. The zero-order valence-electron chi connectivity index (χ0n) is 12.7. The van der Waals surface area contributed by atoms with E-state index in [2.05, 4.69) is 34.4 Å². The highest BCUT2D eigenvalue weighted by atomic mass is 16.6. The van der Waals surface area contributed by atoms with E-state index in [0.29, 0.717) is 24.1 Å². The van der Waals surface area contributed by atoms with Gasteiger partial charge >= 0.3 is 5.69 Å². The van der Waals surface area contributed by atoms with E-state index in [0.717, 1.165) is 6.42 Å². The van der Waals surface area contributed by atoms with Gasteiger partial charge in [-0.15, -0.1) is 0 Å². The summed E-state index contributed by atoms with van der Waals surface area (Å²) in [7, 11) is 0. The fraction of sp³-hybridized carbons (Fsp3) is 0.692. The van der Waals surface area contributed by atoms with E-state index in [9.17, 15) is 10.1 Å². The Bertz CT molecular complexity index is 478. The lowest BCUT2D eigenvalue weighted by Crippen LogP contribution is -2.25. The van der Waals surface area contributed by atoms with Gasteiger partial charge in [-0.2, -0.15) is 4.98 Å². The second-order valence-corrected chi connectivity index (χ2v) is 4.94. The lowest BCUT2D eigenvalue weighted by atomic mass is 10.0. The standard InChI is InChI=1S/C13H23N5O2/c1-6-8(3)9(4)15-12-11(18(19)20)10(5)16-13(17-12)14-7-2/h8-9H,6-7H2,1-5H3,(H2,14,15,16,17). The molecular weight excluding hydrogens is 258 g/mol. The van der Waals surface area contributed by atoms with Crippen molar-refractivity contribution in [3.63, 3.8) is 0 Å². The van der Waals surface area contributed by atoms with Gasteiger partial charge in [0, 0.05) is 12.6 Å². The topological polar surface area (TPSA) is 93.0 Å². The molecule has 112 valence electrons. The summed E-state index contributed by atoms with van der Waals surface area (Å²) >= 11 is 0. The molecule has 20 heavy (non-hydrogen) atoms. The van der Waals surface area contributed by atoms with Crippen molar-refractivity contribution in [2.24, 2.45) is 5.92 Å². The summed E-state index contributed by atoms with van der Waals surface area (Å²) in [6.07, 6.45) is 0.992. The van der Waals surface area contributed by atoms with Gasteiger partial charge in [0.15, 0.2) is 0 Å². The molecule has 0 aromatic carbocycles. The fourth-order valence-electron chi connectivity index (χ4n) is 1.83. The van der Waals surface area contributed by atoms with Crippen molar-refractivity contribution in [1.29, 1.82) is 0 Å². The Hall–Kier alpha value is -1.92. The predicted molar refractivity (Wildman–Crippen MR) is 80.1 cm³/mol. The van der Waals surface area contributed by atoms with Gasteiger partial charge < -0.3 is 10.6 Å². The largest absolute Gasteiger partial charge is 0.361 e. The summed E-state index contributed by atoms with van der Waals surface area (Å²) in [4.78, 5) is 19.1. The molecule has 7 heteroatoms. The minimum absolute atomic E-state index is 0.0539. The molecule has 0 spiro atoms. The number of anilines is 2. The Morgan fingerprint density at radius 1 is 1.30 bits per heavy atom. The first-order valence-corrected chi connectivity index (χ1v) is 6.94. The second kappa shape index (κ2) is 7.02. The van der Waals surface area contributed by atoms with Gasteiger partial charge in [-0.1, -0.05) is 20.3 Å². The van der Waals surface area contributed by atoms with Crippen LogP contribution in [0.2, 0.25) is 0 Å². The number of aryl methyl sites for hydroxylation is 1. The summed E-state index contributed by atoms with van der Waals surface area (Å²) in [5.41, 5.74) is 0.307. The van der Waals surface area contributed by atoms with E-state index in [1.807, 2.05) is 13.8 Å². The highest BCUT2D eigenvalue weighted by Gasteiger charge is 2.24. The molecule has 7 nitrogen and oxygen atoms in total. The summed E-state index contributed by atoms with van der Waals surface area (Å²) in [5, 5.41) is 17.3. The number of hydrogen-bond acceptors (Lipinski definition) is 6. The molecule has 0 bridgehead atoms. The molecule has 0 radical (unpaired) electrons. The normalized spacial score (nSPS) is 13.7. The maximum absolute atomic E-state index is 11.2. The van der Waals surface area contributed by atoms with Gasteiger partial charge in [-0.05, 0) is 26.7 Å². The van der Waals surface area contributed by atoms with E-state index in [1.54, 1.807) is 6.92 Å². The molecule has 1 heterocycles. The number of nitrogens with zero attached hydrogens (tertiary/aromatic N) is 3. The first kappa shape index (κ1) is 16.1. The molecule has 0 aliphatic carbocycles. The van der Waals surface area contributed by atoms with Crippen LogP contribution in [-0.4, -0.2) is 27.5 Å². The van der Waals surface area contributed by atoms with Gasteiger partial charge in [0.1, 0.15) is 5.69 Å². The third-order valence-corrected chi connectivity index (χ3v) is 3.44. The Kier molecular flexibility index (Phi) is 5.66. The van der Waals surface area contributed by atoms with Crippen molar-refractivity contribution in [1.82, 2.24) is 9.97 Å². The van der Waals surface area contributed by atoms with Crippen LogP contribution in [0, 0.1) is 23.0 Å². The van der Waals surface area contributed by atoms with Crippen LogP contribution in [0.25, 0.3) is 0 Å². The highest BCUT2D eigenvalue weighted by Crippen LogP contribution is 2.28. The van der Waals surface area contributed by atoms with Crippen LogP contribution in [0.15, 0.2) is 0 Å². The highest BCUT2D eigenvalue weighted by molar-refractivity contribution is 5.61. The lowest BCUT2D eigenvalue weighted by molar-refractivity contribution is -0.385. The van der Waals surface area contributed by atoms with Crippen molar-refractivity contribution in [2.75, 3.05) is 17.2 Å². The van der Waals surface area contributed by atoms with Crippen molar-refractivity contribution in [3.8, 4) is 0 Å². The zero-order valence-corrected chi connectivity index (χ0v) is 12.7. The average Bonchev–Trinajstić information content (AvgIpc) is 2.37. The van der Waals surface area contributed by atoms with E-state index >= 15 is 0 Å². The maximum atomic E-state index is 11.2.